The van der Waals surface area contributed by atoms with Crippen LogP contribution in [0.2, 0.25) is 0 Å². The lowest BCUT2D eigenvalue weighted by Crippen LogP contribution is -2.54. The summed E-state index contributed by atoms with van der Waals surface area (Å²) in [6.07, 6.45) is 11.5. The van der Waals surface area contributed by atoms with Crippen molar-refractivity contribution in [1.82, 2.24) is 24.9 Å². The van der Waals surface area contributed by atoms with Gasteiger partial charge in [-0.05, 0) is 118 Å². The van der Waals surface area contributed by atoms with Crippen LogP contribution in [-0.4, -0.2) is 87.1 Å². The van der Waals surface area contributed by atoms with Crippen LogP contribution in [-0.2, 0) is 9.59 Å². The highest BCUT2D eigenvalue weighted by atomic mass is 32.2. The molecule has 13 nitrogen and oxygen atoms in total. The molecule has 1 aromatic heterocycles. The number of carbonyl (C=O) groups is 5. The molecule has 314 valence electrons. The zero-order valence-electron chi connectivity index (χ0n) is 33.9. The summed E-state index contributed by atoms with van der Waals surface area (Å²) in [5, 5.41) is 10.7. The summed E-state index contributed by atoms with van der Waals surface area (Å²) in [6.45, 7) is 4.04. The lowest BCUT2D eigenvalue weighted by Gasteiger charge is -2.38. The quantitative estimate of drug-likeness (QED) is 0.0553. The molecule has 2 unspecified atom stereocenters. The summed E-state index contributed by atoms with van der Waals surface area (Å²) in [5.41, 5.74) is 8.55. The number of imide groups is 2. The third-order valence-electron chi connectivity index (χ3n) is 12.3. The molecule has 0 aliphatic carbocycles. The highest BCUT2D eigenvalue weighted by Gasteiger charge is 2.45. The van der Waals surface area contributed by atoms with Gasteiger partial charge in [-0.3, -0.25) is 34.2 Å². The SMILES string of the molecule is NC(=O)c1c(-c2ccc(Oc3ccccc3)cc2)nn2c1NCCC2C1CCN(CCCCCCCCCSc2cccc3c2C(=O)N(C2CCC(=O)NC2=O)C3=O)CC1. The summed E-state index contributed by atoms with van der Waals surface area (Å²) in [5.74, 6) is 1.15. The zero-order valence-corrected chi connectivity index (χ0v) is 34.7. The Kier molecular flexibility index (Phi) is 13.0. The minimum absolute atomic E-state index is 0.105. The minimum Gasteiger partial charge on any atom is -0.457 e. The maximum Gasteiger partial charge on any atom is 0.263 e. The Morgan fingerprint density at radius 1 is 0.800 bits per heavy atom. The standard InChI is InChI=1S/C46H53N7O6S/c47-42(55)40-41(31-16-18-33(19-17-31)59-32-12-7-6-8-13-32)50-53-35(22-25-48-43(40)53)30-23-27-51(28-24-30)26-9-4-2-1-3-5-10-29-60-37-15-11-14-34-39(37)46(58)52(45(34)57)36-20-21-38(54)49-44(36)56/h6-8,11-19,30,35-36,48H,1-5,9-10,20-29H2,(H2,47,55)(H,49,54,56). The van der Waals surface area contributed by atoms with E-state index in [1.165, 1.54) is 32.1 Å². The lowest BCUT2D eigenvalue weighted by molar-refractivity contribution is -0.136. The molecular formula is C46H53N7O6S. The van der Waals surface area contributed by atoms with Crippen molar-refractivity contribution in [2.24, 2.45) is 11.7 Å². The van der Waals surface area contributed by atoms with Crippen LogP contribution >= 0.6 is 11.8 Å². The Balaban J connectivity index is 0.736. The van der Waals surface area contributed by atoms with Gasteiger partial charge in [0.25, 0.3) is 17.7 Å². The number of thioether (sulfide) groups is 1. The van der Waals surface area contributed by atoms with Crippen LogP contribution in [0.3, 0.4) is 0 Å². The second kappa shape index (κ2) is 18.8. The van der Waals surface area contributed by atoms with Crippen molar-refractivity contribution >= 4 is 47.1 Å². The number of hydrogen-bond acceptors (Lipinski definition) is 10. The van der Waals surface area contributed by atoms with E-state index in [1.807, 2.05) is 65.3 Å². The van der Waals surface area contributed by atoms with E-state index in [0.29, 0.717) is 34.1 Å². The van der Waals surface area contributed by atoms with Gasteiger partial charge in [-0.15, -0.1) is 11.8 Å². The van der Waals surface area contributed by atoms with Gasteiger partial charge in [0.15, 0.2) is 0 Å². The molecule has 2 fully saturated rings. The number of nitrogens with one attached hydrogen (secondary N) is 2. The molecule has 4 aliphatic rings. The predicted molar refractivity (Wildman–Crippen MR) is 230 cm³/mol. The van der Waals surface area contributed by atoms with Crippen LogP contribution in [0.5, 0.6) is 11.5 Å². The highest BCUT2D eigenvalue weighted by Crippen LogP contribution is 2.41. The molecule has 0 bridgehead atoms. The number of rotatable bonds is 17. The number of fused-ring (bicyclic) bond motifs is 2. The maximum absolute atomic E-state index is 13.4. The molecular weight excluding hydrogens is 779 g/mol. The van der Waals surface area contributed by atoms with E-state index in [4.69, 9.17) is 15.6 Å². The minimum atomic E-state index is -0.954. The summed E-state index contributed by atoms with van der Waals surface area (Å²) in [7, 11) is 0. The fourth-order valence-corrected chi connectivity index (χ4v) is 10.2. The molecule has 14 heteroatoms. The number of aromatic nitrogens is 2. The Labute approximate surface area is 354 Å². The Bertz CT molecular complexity index is 2220. The fraction of sp³-hybridized carbons (Fsp3) is 0.435. The van der Waals surface area contributed by atoms with Gasteiger partial charge in [0, 0.05) is 23.4 Å². The topological polar surface area (TPSA) is 169 Å². The van der Waals surface area contributed by atoms with E-state index in [9.17, 15) is 24.0 Å². The third kappa shape index (κ3) is 8.99. The Morgan fingerprint density at radius 3 is 2.25 bits per heavy atom. The van der Waals surface area contributed by atoms with Crippen molar-refractivity contribution < 1.29 is 28.7 Å². The number of nitrogens with zero attached hydrogens (tertiary/aromatic N) is 4. The number of benzene rings is 3. The van der Waals surface area contributed by atoms with E-state index in [0.717, 1.165) is 91.0 Å². The summed E-state index contributed by atoms with van der Waals surface area (Å²) in [6, 6.07) is 21.8. The van der Waals surface area contributed by atoms with Crippen LogP contribution in [0.4, 0.5) is 5.82 Å². The molecule has 2 atom stereocenters. The second-order valence-electron chi connectivity index (χ2n) is 16.2. The first-order chi connectivity index (χ1) is 29.3. The van der Waals surface area contributed by atoms with Crippen LogP contribution in [0.25, 0.3) is 11.3 Å². The van der Waals surface area contributed by atoms with E-state index in [2.05, 4.69) is 15.5 Å². The van der Waals surface area contributed by atoms with Crippen molar-refractivity contribution in [2.45, 2.75) is 94.0 Å². The second-order valence-corrected chi connectivity index (χ2v) is 17.4. The third-order valence-corrected chi connectivity index (χ3v) is 13.4. The van der Waals surface area contributed by atoms with Gasteiger partial charge in [-0.1, -0.05) is 56.4 Å². The molecule has 5 amide bonds. The van der Waals surface area contributed by atoms with Crippen molar-refractivity contribution in [2.75, 3.05) is 37.2 Å². The molecule has 8 rings (SSSR count). The zero-order chi connectivity index (χ0) is 41.6. The number of amides is 5. The van der Waals surface area contributed by atoms with Crippen LogP contribution in [0.1, 0.15) is 114 Å². The first-order valence-electron chi connectivity index (χ1n) is 21.5. The van der Waals surface area contributed by atoms with Gasteiger partial charge in [0.05, 0.1) is 17.2 Å². The monoisotopic (exact) mass is 831 g/mol. The molecule has 4 aliphatic heterocycles. The van der Waals surface area contributed by atoms with E-state index < -0.39 is 29.7 Å². The van der Waals surface area contributed by atoms with Gasteiger partial charge < -0.3 is 20.7 Å². The van der Waals surface area contributed by atoms with E-state index in [1.54, 1.807) is 23.9 Å². The number of primary amides is 1. The van der Waals surface area contributed by atoms with Crippen LogP contribution < -0.4 is 21.1 Å². The van der Waals surface area contributed by atoms with Crippen molar-refractivity contribution in [3.63, 3.8) is 0 Å². The average molecular weight is 832 g/mol. The Morgan fingerprint density at radius 2 is 1.52 bits per heavy atom. The first kappa shape index (κ1) is 41.3. The lowest BCUT2D eigenvalue weighted by atomic mass is 9.86. The van der Waals surface area contributed by atoms with E-state index >= 15 is 0 Å². The van der Waals surface area contributed by atoms with Gasteiger partial charge >= 0.3 is 0 Å². The molecule has 0 spiro atoms. The maximum atomic E-state index is 13.4. The molecule has 5 heterocycles. The summed E-state index contributed by atoms with van der Waals surface area (Å²) >= 11 is 1.59. The normalized spacial score (nSPS) is 19.5. The number of piperidine rings is 2. The number of para-hydroxylation sites is 1. The highest BCUT2D eigenvalue weighted by molar-refractivity contribution is 7.99. The average Bonchev–Trinajstić information content (AvgIpc) is 3.77. The number of nitrogens with two attached hydrogens (primary N) is 1. The van der Waals surface area contributed by atoms with Crippen LogP contribution in [0.15, 0.2) is 77.7 Å². The molecule has 0 saturated carbocycles. The number of carbonyl (C=O) groups excluding carboxylic acids is 5. The summed E-state index contributed by atoms with van der Waals surface area (Å²) in [4.78, 5) is 67.7. The fourth-order valence-electron chi connectivity index (χ4n) is 9.15. The van der Waals surface area contributed by atoms with Crippen molar-refractivity contribution in [1.29, 1.82) is 0 Å². The molecule has 3 aromatic carbocycles. The first-order valence-corrected chi connectivity index (χ1v) is 22.4. The van der Waals surface area contributed by atoms with Crippen molar-refractivity contribution in [3.05, 3.63) is 89.5 Å². The number of hydrogen-bond donors (Lipinski definition) is 3. The smallest absolute Gasteiger partial charge is 0.263 e. The number of anilines is 1. The number of ether oxygens (including phenoxy) is 1. The van der Waals surface area contributed by atoms with Gasteiger partial charge in [0.1, 0.15) is 34.6 Å². The van der Waals surface area contributed by atoms with E-state index in [-0.39, 0.29) is 24.8 Å². The number of unbranched alkanes of at least 4 members (excludes halogenated alkanes) is 6. The predicted octanol–water partition coefficient (Wildman–Crippen LogP) is 7.43. The van der Waals surface area contributed by atoms with Crippen molar-refractivity contribution in [3.8, 4) is 22.8 Å². The van der Waals surface area contributed by atoms with Gasteiger partial charge in [-0.25, -0.2) is 4.68 Å². The number of likely N-dealkylation sites (tertiary alicyclic amines) is 1. The summed E-state index contributed by atoms with van der Waals surface area (Å²) < 4.78 is 8.02. The largest absolute Gasteiger partial charge is 0.457 e. The molecule has 2 saturated heterocycles. The molecule has 4 aromatic rings. The van der Waals surface area contributed by atoms with Gasteiger partial charge in [-0.2, -0.15) is 5.10 Å². The van der Waals surface area contributed by atoms with Crippen LogP contribution in [0, 0.1) is 5.92 Å². The molecule has 60 heavy (non-hydrogen) atoms. The van der Waals surface area contributed by atoms with Gasteiger partial charge in [0.2, 0.25) is 11.8 Å². The molecule has 4 N–H and O–H groups in total. The Hall–Kier alpha value is -5.47. The molecule has 0 radical (unpaired) electrons.